The highest BCUT2D eigenvalue weighted by molar-refractivity contribution is 8.76. The van der Waals surface area contributed by atoms with Crippen LogP contribution in [0.3, 0.4) is 0 Å². The maximum absolute atomic E-state index is 14.3. The number of benzene rings is 8. The first-order valence-corrected chi connectivity index (χ1v) is 27.8. The number of nitrogens with zero attached hydrogens (tertiary/aromatic N) is 2. The van der Waals surface area contributed by atoms with Gasteiger partial charge in [-0.25, -0.2) is 0 Å². The van der Waals surface area contributed by atoms with E-state index >= 15 is 0 Å². The molecule has 8 aromatic carbocycles. The van der Waals surface area contributed by atoms with Gasteiger partial charge in [-0.2, -0.15) is 0 Å². The number of oxime groups is 2. The van der Waals surface area contributed by atoms with Crippen LogP contribution in [0, 0.1) is 0 Å². The van der Waals surface area contributed by atoms with Gasteiger partial charge in [-0.1, -0.05) is 250 Å². The van der Waals surface area contributed by atoms with Gasteiger partial charge in [0.2, 0.25) is 11.2 Å². The third kappa shape index (κ3) is 11.4. The number of hydrogen-bond acceptors (Lipinski definition) is 8. The molecule has 0 bridgehead atoms. The van der Waals surface area contributed by atoms with Crippen LogP contribution in [0.15, 0.2) is 253 Å². The van der Waals surface area contributed by atoms with E-state index < -0.39 is 11.2 Å². The lowest BCUT2D eigenvalue weighted by Crippen LogP contribution is -2.36. The van der Waals surface area contributed by atoms with E-state index in [1.54, 1.807) is 21.6 Å². The zero-order valence-corrected chi connectivity index (χ0v) is 43.3. The first-order valence-electron chi connectivity index (χ1n) is 25.3. The zero-order chi connectivity index (χ0) is 51.8. The number of carbonyl (C=O) groups is 2. The van der Waals surface area contributed by atoms with Gasteiger partial charge in [-0.3, -0.25) is 9.59 Å². The molecule has 2 heterocycles. The van der Waals surface area contributed by atoms with Gasteiger partial charge in [0.1, 0.15) is 11.4 Å². The number of para-hydroxylation sites is 2. The standard InChI is InChI=1S/C64H56N6O4S2/c71-61(59(43-47-45-67-57-37-21-19-35-55(47)57)69-73-63(49-23-7-1-8-24-49,50-25-9-2-10-26-50)51-27-11-3-12-28-51)65-39-41-75-76-42-40-66-62(72)60(44-48-46-68-58-38-22-20-36-56(48)58)70-74-64(52-29-13-4-14-30-52,53-31-15-5-16-32-53)54-33-17-6-18-34-54/h1-38,45-46,67-68H,39-44H2,(H,65,71)(H,66,72)/b69-59+,70-60+. The molecule has 0 saturated heterocycles. The molecule has 76 heavy (non-hydrogen) atoms. The first-order chi connectivity index (χ1) is 37.5. The Labute approximate surface area is 450 Å². The number of nitrogens with one attached hydrogen (secondary N) is 4. The lowest BCUT2D eigenvalue weighted by atomic mass is 9.80. The van der Waals surface area contributed by atoms with E-state index in [0.717, 1.165) is 66.3 Å². The molecule has 10 rings (SSSR count). The van der Waals surface area contributed by atoms with Crippen molar-refractivity contribution in [3.8, 4) is 0 Å². The number of hydrogen-bond donors (Lipinski definition) is 4. The summed E-state index contributed by atoms with van der Waals surface area (Å²) in [6.45, 7) is 0.753. The van der Waals surface area contributed by atoms with Gasteiger partial charge in [0, 0.05) is 105 Å². The van der Waals surface area contributed by atoms with Gasteiger partial charge in [0.15, 0.2) is 0 Å². The van der Waals surface area contributed by atoms with Gasteiger partial charge in [0.05, 0.1) is 0 Å². The molecule has 4 N–H and O–H groups in total. The minimum absolute atomic E-state index is 0.230. The fourth-order valence-electron chi connectivity index (χ4n) is 9.56. The van der Waals surface area contributed by atoms with E-state index in [2.05, 4.69) is 20.6 Å². The van der Waals surface area contributed by atoms with Crippen LogP contribution in [-0.2, 0) is 43.3 Å². The molecule has 0 spiro atoms. The molecule has 0 atom stereocenters. The van der Waals surface area contributed by atoms with Crippen molar-refractivity contribution in [2.45, 2.75) is 24.0 Å². The molecule has 0 aliphatic rings. The van der Waals surface area contributed by atoms with Gasteiger partial charge >= 0.3 is 0 Å². The van der Waals surface area contributed by atoms with Crippen LogP contribution in [0.4, 0.5) is 0 Å². The first kappa shape index (κ1) is 50.9. The molecule has 0 aliphatic heterocycles. The topological polar surface area (TPSA) is 133 Å². The number of H-pyrrole nitrogens is 2. The number of amides is 2. The molecular weight excluding hydrogens is 981 g/mol. The van der Waals surface area contributed by atoms with Crippen molar-refractivity contribution in [3.63, 3.8) is 0 Å². The number of aromatic nitrogens is 2. The smallest absolute Gasteiger partial charge is 0.269 e. The molecule has 0 saturated carbocycles. The van der Waals surface area contributed by atoms with Gasteiger partial charge in [0.25, 0.3) is 11.8 Å². The summed E-state index contributed by atoms with van der Waals surface area (Å²) in [4.78, 5) is 49.0. The Morgan fingerprint density at radius 3 is 0.974 bits per heavy atom. The highest BCUT2D eigenvalue weighted by atomic mass is 33.1. The SMILES string of the molecule is O=C(NCCSSCCNC(=O)/C(Cc1c[nH]c2ccccc12)=N/OC(c1ccccc1)(c1ccccc1)c1ccccc1)/C(Cc1c[nH]c2ccccc12)=N/OC(c1ccccc1)(c1ccccc1)c1ccccc1. The minimum Gasteiger partial charge on any atom is -0.374 e. The molecule has 2 amide bonds. The summed E-state index contributed by atoms with van der Waals surface area (Å²) in [5.74, 6) is 0.558. The summed E-state index contributed by atoms with van der Waals surface area (Å²) in [6.07, 6.45) is 4.31. The summed E-state index contributed by atoms with van der Waals surface area (Å²) in [5, 5.41) is 17.9. The minimum atomic E-state index is -1.16. The molecule has 0 radical (unpaired) electrons. The Bertz CT molecular complexity index is 3110. The number of rotatable bonds is 23. The second-order valence-electron chi connectivity index (χ2n) is 18.0. The highest BCUT2D eigenvalue weighted by Crippen LogP contribution is 2.42. The van der Waals surface area contributed by atoms with Crippen LogP contribution >= 0.6 is 21.6 Å². The molecule has 378 valence electrons. The second kappa shape index (κ2) is 24.6. The molecule has 2 aromatic heterocycles. The second-order valence-corrected chi connectivity index (χ2v) is 20.7. The number of carbonyl (C=O) groups excluding carboxylic acids is 2. The summed E-state index contributed by atoms with van der Waals surface area (Å²) < 4.78 is 0. The monoisotopic (exact) mass is 1040 g/mol. The van der Waals surface area contributed by atoms with E-state index in [0.29, 0.717) is 24.6 Å². The van der Waals surface area contributed by atoms with Crippen molar-refractivity contribution in [3.05, 3.63) is 287 Å². The van der Waals surface area contributed by atoms with E-state index in [1.807, 2.05) is 243 Å². The third-order valence-electron chi connectivity index (χ3n) is 13.3. The summed E-state index contributed by atoms with van der Waals surface area (Å²) in [5.41, 5.74) is 7.16. The molecular formula is C64H56N6O4S2. The predicted molar refractivity (Wildman–Crippen MR) is 310 cm³/mol. The highest BCUT2D eigenvalue weighted by Gasteiger charge is 2.41. The van der Waals surface area contributed by atoms with Gasteiger partial charge < -0.3 is 30.3 Å². The number of aromatic amines is 2. The van der Waals surface area contributed by atoms with Crippen molar-refractivity contribution < 1.29 is 19.3 Å². The third-order valence-corrected chi connectivity index (χ3v) is 15.7. The fourth-order valence-corrected chi connectivity index (χ4v) is 11.4. The molecule has 10 aromatic rings. The van der Waals surface area contributed by atoms with Crippen LogP contribution in [-0.4, -0.2) is 57.8 Å². The van der Waals surface area contributed by atoms with Crippen LogP contribution < -0.4 is 10.6 Å². The number of fused-ring (bicyclic) bond motifs is 2. The van der Waals surface area contributed by atoms with Crippen molar-refractivity contribution in [1.29, 1.82) is 0 Å². The van der Waals surface area contributed by atoms with Crippen LogP contribution in [0.25, 0.3) is 21.8 Å². The van der Waals surface area contributed by atoms with E-state index in [1.165, 1.54) is 0 Å². The van der Waals surface area contributed by atoms with Crippen molar-refractivity contribution in [2.75, 3.05) is 24.6 Å². The van der Waals surface area contributed by atoms with Crippen molar-refractivity contribution in [1.82, 2.24) is 20.6 Å². The van der Waals surface area contributed by atoms with Crippen molar-refractivity contribution >= 4 is 66.6 Å². The Balaban J connectivity index is 0.829. The maximum Gasteiger partial charge on any atom is 0.269 e. The molecule has 12 heteroatoms. The quantitative estimate of drug-likeness (QED) is 0.0166. The Morgan fingerprint density at radius 2 is 0.671 bits per heavy atom. The lowest BCUT2D eigenvalue weighted by molar-refractivity contribution is -0.116. The molecule has 10 nitrogen and oxygen atoms in total. The summed E-state index contributed by atoms with van der Waals surface area (Å²) in [7, 11) is 3.22. The van der Waals surface area contributed by atoms with E-state index in [-0.39, 0.29) is 36.1 Å². The average molecular weight is 1040 g/mol. The zero-order valence-electron chi connectivity index (χ0n) is 41.7. The molecule has 0 unspecified atom stereocenters. The summed E-state index contributed by atoms with van der Waals surface area (Å²) >= 11 is 0. The maximum atomic E-state index is 14.3. The largest absolute Gasteiger partial charge is 0.374 e. The van der Waals surface area contributed by atoms with Crippen molar-refractivity contribution in [2.24, 2.45) is 10.3 Å². The van der Waals surface area contributed by atoms with Crippen LogP contribution in [0.1, 0.15) is 44.5 Å². The predicted octanol–water partition coefficient (Wildman–Crippen LogP) is 12.8. The Morgan fingerprint density at radius 1 is 0.395 bits per heavy atom. The Kier molecular flexibility index (Phi) is 16.5. The Hall–Kier alpha value is -8.58. The summed E-state index contributed by atoms with van der Waals surface area (Å²) in [6, 6.07) is 75.9. The molecule has 0 aliphatic carbocycles. The van der Waals surface area contributed by atoms with E-state index in [9.17, 15) is 9.59 Å². The average Bonchev–Trinajstić information content (AvgIpc) is 4.14. The lowest BCUT2D eigenvalue weighted by Gasteiger charge is -2.33. The van der Waals surface area contributed by atoms with Gasteiger partial charge in [-0.15, -0.1) is 0 Å². The van der Waals surface area contributed by atoms with Gasteiger partial charge in [-0.05, 0) is 23.3 Å². The van der Waals surface area contributed by atoms with E-state index in [4.69, 9.17) is 20.0 Å². The fraction of sp³-hybridized carbons (Fsp3) is 0.125. The van der Waals surface area contributed by atoms with Crippen LogP contribution in [0.2, 0.25) is 0 Å². The molecule has 0 fully saturated rings. The van der Waals surface area contributed by atoms with Crippen LogP contribution in [0.5, 0.6) is 0 Å². The normalized spacial score (nSPS) is 12.1.